The Kier molecular flexibility index (Phi) is 4.33. The first-order chi connectivity index (χ1) is 7.52. The second-order valence-electron chi connectivity index (χ2n) is 3.32. The zero-order valence-corrected chi connectivity index (χ0v) is 10.0. The molecule has 0 aromatic heterocycles. The Balaban J connectivity index is 3.48. The molecular formula is C12H14ClFO2. The van der Waals surface area contributed by atoms with Gasteiger partial charge in [0.25, 0.3) is 0 Å². The van der Waals surface area contributed by atoms with Gasteiger partial charge in [0.1, 0.15) is 5.75 Å². The van der Waals surface area contributed by atoms with Crippen molar-refractivity contribution in [3.05, 3.63) is 34.6 Å². The summed E-state index contributed by atoms with van der Waals surface area (Å²) in [5.74, 6) is -0.279. The van der Waals surface area contributed by atoms with E-state index in [1.54, 1.807) is 13.8 Å². The van der Waals surface area contributed by atoms with Gasteiger partial charge in [0.05, 0.1) is 23.3 Å². The predicted octanol–water partition coefficient (Wildman–Crippen LogP) is 3.57. The van der Waals surface area contributed by atoms with Gasteiger partial charge in [-0.3, -0.25) is 0 Å². The largest absolute Gasteiger partial charge is 0.493 e. The van der Waals surface area contributed by atoms with E-state index in [4.69, 9.17) is 16.3 Å². The first kappa shape index (κ1) is 13.0. The lowest BCUT2D eigenvalue weighted by Crippen LogP contribution is -2.04. The van der Waals surface area contributed by atoms with Crippen LogP contribution in [0.4, 0.5) is 4.39 Å². The quantitative estimate of drug-likeness (QED) is 0.877. The van der Waals surface area contributed by atoms with Crippen LogP contribution in [-0.2, 0) is 0 Å². The van der Waals surface area contributed by atoms with Crippen LogP contribution in [0.25, 0.3) is 6.08 Å². The second kappa shape index (κ2) is 5.32. The van der Waals surface area contributed by atoms with Gasteiger partial charge in [-0.05, 0) is 19.9 Å². The molecule has 16 heavy (non-hydrogen) atoms. The van der Waals surface area contributed by atoms with Crippen LogP contribution in [0.2, 0.25) is 5.02 Å². The van der Waals surface area contributed by atoms with Gasteiger partial charge < -0.3 is 9.84 Å². The number of rotatable bonds is 4. The molecule has 0 aliphatic rings. The summed E-state index contributed by atoms with van der Waals surface area (Å²) in [7, 11) is 0. The highest BCUT2D eigenvalue weighted by Crippen LogP contribution is 2.36. The van der Waals surface area contributed by atoms with Crippen molar-refractivity contribution in [3.63, 3.8) is 0 Å². The minimum absolute atomic E-state index is 0.0470. The van der Waals surface area contributed by atoms with Crippen LogP contribution < -0.4 is 4.74 Å². The number of benzene rings is 1. The average molecular weight is 245 g/mol. The highest BCUT2D eigenvalue weighted by molar-refractivity contribution is 6.31. The number of halogens is 2. The molecule has 1 aromatic carbocycles. The average Bonchev–Trinajstić information content (AvgIpc) is 2.23. The lowest BCUT2D eigenvalue weighted by molar-refractivity contribution is 0.192. The molecule has 0 fully saturated rings. The van der Waals surface area contributed by atoms with E-state index in [9.17, 15) is 9.50 Å². The van der Waals surface area contributed by atoms with Gasteiger partial charge in [-0.25, -0.2) is 4.39 Å². The molecule has 1 atom stereocenters. The fraction of sp³-hybridized carbons (Fsp3) is 0.333. The Morgan fingerprint density at radius 1 is 1.69 bits per heavy atom. The molecule has 0 heterocycles. The van der Waals surface area contributed by atoms with Crippen molar-refractivity contribution in [2.24, 2.45) is 0 Å². The van der Waals surface area contributed by atoms with Gasteiger partial charge in [0.2, 0.25) is 0 Å². The zero-order chi connectivity index (χ0) is 12.3. The highest BCUT2D eigenvalue weighted by atomic mass is 35.5. The SMILES string of the molecule is C=Cc1c(F)c(Cl)cc(C(C)O)c1OCC. The normalized spacial score (nSPS) is 12.3. The third kappa shape index (κ3) is 2.36. The van der Waals surface area contributed by atoms with Gasteiger partial charge in [0.15, 0.2) is 5.82 Å². The van der Waals surface area contributed by atoms with Crippen molar-refractivity contribution >= 4 is 17.7 Å². The van der Waals surface area contributed by atoms with Crippen molar-refractivity contribution in [2.75, 3.05) is 6.61 Å². The Morgan fingerprint density at radius 3 is 2.75 bits per heavy atom. The van der Waals surface area contributed by atoms with Gasteiger partial charge in [-0.1, -0.05) is 24.3 Å². The van der Waals surface area contributed by atoms with Crippen molar-refractivity contribution in [3.8, 4) is 5.75 Å². The van der Waals surface area contributed by atoms with Crippen molar-refractivity contribution in [1.82, 2.24) is 0 Å². The molecule has 2 nitrogen and oxygen atoms in total. The molecular weight excluding hydrogens is 231 g/mol. The summed E-state index contributed by atoms with van der Waals surface area (Å²) in [6, 6.07) is 1.37. The van der Waals surface area contributed by atoms with Crippen molar-refractivity contribution < 1.29 is 14.2 Å². The minimum atomic E-state index is -0.779. The van der Waals surface area contributed by atoms with Gasteiger partial charge in [-0.2, -0.15) is 0 Å². The van der Waals surface area contributed by atoms with Crippen LogP contribution in [0.3, 0.4) is 0 Å². The standard InChI is InChI=1S/C12H14ClFO2/c1-4-8-11(14)10(13)6-9(7(3)15)12(8)16-5-2/h4,6-7,15H,1,5H2,2-3H3. The third-order valence-corrected chi connectivity index (χ3v) is 2.45. The highest BCUT2D eigenvalue weighted by Gasteiger charge is 2.19. The smallest absolute Gasteiger partial charge is 0.152 e. The minimum Gasteiger partial charge on any atom is -0.493 e. The van der Waals surface area contributed by atoms with Gasteiger partial charge in [0, 0.05) is 5.56 Å². The number of aliphatic hydroxyl groups excluding tert-OH is 1. The summed E-state index contributed by atoms with van der Waals surface area (Å²) >= 11 is 5.72. The molecule has 4 heteroatoms. The van der Waals surface area contributed by atoms with Gasteiger partial charge in [-0.15, -0.1) is 0 Å². The lowest BCUT2D eigenvalue weighted by atomic mass is 10.0. The molecule has 0 aliphatic carbocycles. The van der Waals surface area contributed by atoms with E-state index < -0.39 is 11.9 Å². The molecule has 0 amide bonds. The van der Waals surface area contributed by atoms with Crippen LogP contribution in [0.1, 0.15) is 31.1 Å². The number of aliphatic hydroxyl groups is 1. The molecule has 0 bridgehead atoms. The topological polar surface area (TPSA) is 29.5 Å². The summed E-state index contributed by atoms with van der Waals surface area (Å²) in [4.78, 5) is 0. The first-order valence-electron chi connectivity index (χ1n) is 4.98. The number of hydrogen-bond donors (Lipinski definition) is 1. The maximum Gasteiger partial charge on any atom is 0.152 e. The van der Waals surface area contributed by atoms with Crippen LogP contribution in [0.5, 0.6) is 5.75 Å². The molecule has 88 valence electrons. The third-order valence-electron chi connectivity index (χ3n) is 2.18. The molecule has 1 rings (SSSR count). The van der Waals surface area contributed by atoms with E-state index in [0.29, 0.717) is 17.9 Å². The molecule has 0 radical (unpaired) electrons. The summed E-state index contributed by atoms with van der Waals surface area (Å²) in [5, 5.41) is 9.52. The maximum atomic E-state index is 13.7. The molecule has 1 N–H and O–H groups in total. The van der Waals surface area contributed by atoms with E-state index >= 15 is 0 Å². The van der Waals surface area contributed by atoms with E-state index in [0.717, 1.165) is 0 Å². The van der Waals surface area contributed by atoms with E-state index in [2.05, 4.69) is 6.58 Å². The van der Waals surface area contributed by atoms with E-state index in [1.807, 2.05) is 0 Å². The number of hydrogen-bond acceptors (Lipinski definition) is 2. The van der Waals surface area contributed by atoms with Crippen LogP contribution in [0.15, 0.2) is 12.6 Å². The monoisotopic (exact) mass is 244 g/mol. The summed E-state index contributed by atoms with van der Waals surface area (Å²) in [6.07, 6.45) is 0.552. The maximum absolute atomic E-state index is 13.7. The van der Waals surface area contributed by atoms with Crippen molar-refractivity contribution in [1.29, 1.82) is 0 Å². The summed E-state index contributed by atoms with van der Waals surface area (Å²) < 4.78 is 19.0. The van der Waals surface area contributed by atoms with Crippen LogP contribution in [0, 0.1) is 5.82 Å². The Labute approximate surface area is 99.3 Å². The van der Waals surface area contributed by atoms with Gasteiger partial charge >= 0.3 is 0 Å². The fourth-order valence-electron chi connectivity index (χ4n) is 1.45. The fourth-order valence-corrected chi connectivity index (χ4v) is 1.67. The summed E-state index contributed by atoms with van der Waals surface area (Å²) in [6.45, 7) is 7.24. The zero-order valence-electron chi connectivity index (χ0n) is 9.26. The Morgan fingerprint density at radius 2 is 2.31 bits per heavy atom. The predicted molar refractivity (Wildman–Crippen MR) is 63.3 cm³/mol. The molecule has 0 aliphatic heterocycles. The molecule has 0 saturated carbocycles. The van der Waals surface area contributed by atoms with Crippen molar-refractivity contribution in [2.45, 2.75) is 20.0 Å². The number of ether oxygens (including phenoxy) is 1. The first-order valence-corrected chi connectivity index (χ1v) is 5.35. The van der Waals surface area contributed by atoms with E-state index in [-0.39, 0.29) is 10.6 Å². The molecule has 0 saturated heterocycles. The van der Waals surface area contributed by atoms with E-state index in [1.165, 1.54) is 12.1 Å². The molecule has 1 aromatic rings. The lowest BCUT2D eigenvalue weighted by Gasteiger charge is -2.16. The Hall–Kier alpha value is -1.06. The molecule has 1 unspecified atom stereocenters. The Bertz CT molecular complexity index is 402. The van der Waals surface area contributed by atoms with Crippen LogP contribution in [-0.4, -0.2) is 11.7 Å². The van der Waals surface area contributed by atoms with Crippen LogP contribution >= 0.6 is 11.6 Å². The molecule has 0 spiro atoms. The summed E-state index contributed by atoms with van der Waals surface area (Å²) in [5.41, 5.74) is 0.647. The second-order valence-corrected chi connectivity index (χ2v) is 3.72.